The van der Waals surface area contributed by atoms with Gasteiger partial charge in [0.25, 0.3) is 17.7 Å². The van der Waals surface area contributed by atoms with E-state index in [1.54, 1.807) is 28.1 Å². The van der Waals surface area contributed by atoms with Crippen LogP contribution in [-0.4, -0.2) is 76.5 Å². The van der Waals surface area contributed by atoms with E-state index in [2.05, 4.69) is 4.98 Å². The van der Waals surface area contributed by atoms with Gasteiger partial charge in [-0.25, -0.2) is 0 Å². The molecule has 29 heavy (non-hydrogen) atoms. The number of amides is 4. The number of nitrogens with zero attached hydrogens (tertiary/aromatic N) is 4. The fraction of sp³-hybridized carbons (Fsp3) is 0.286. The Labute approximate surface area is 167 Å². The second-order valence-corrected chi connectivity index (χ2v) is 7.10. The first-order valence-electron chi connectivity index (χ1n) is 9.39. The number of carbonyl (C=O) groups excluding carboxylic acids is 4. The van der Waals surface area contributed by atoms with Crippen molar-refractivity contribution in [2.24, 2.45) is 0 Å². The molecule has 0 N–H and O–H groups in total. The average molecular weight is 392 g/mol. The van der Waals surface area contributed by atoms with Crippen LogP contribution in [0.4, 0.5) is 0 Å². The molecule has 2 aliphatic heterocycles. The number of fused-ring (bicyclic) bond motifs is 1. The highest BCUT2D eigenvalue weighted by molar-refractivity contribution is 6.21. The van der Waals surface area contributed by atoms with Crippen molar-refractivity contribution in [2.45, 2.75) is 6.42 Å². The van der Waals surface area contributed by atoms with Crippen LogP contribution >= 0.6 is 0 Å². The Balaban J connectivity index is 1.39. The number of aromatic nitrogens is 1. The Morgan fingerprint density at radius 1 is 0.931 bits per heavy atom. The Bertz CT molecular complexity index is 997. The van der Waals surface area contributed by atoms with E-state index in [1.165, 1.54) is 19.2 Å². The highest BCUT2D eigenvalue weighted by Crippen LogP contribution is 2.23. The van der Waals surface area contributed by atoms with Crippen molar-refractivity contribution in [3.8, 4) is 0 Å². The van der Waals surface area contributed by atoms with Crippen LogP contribution < -0.4 is 0 Å². The molecule has 0 atom stereocenters. The standard InChI is InChI=1S/C21H20N4O4/c1-23-20(28)16-6-5-14(12-17(16)21(23)29)19(27)25-10-8-24(9-11-25)18(26)13-15-4-2-3-7-22-15/h2-7,12H,8-11,13H2,1H3. The van der Waals surface area contributed by atoms with Crippen LogP contribution in [0, 0.1) is 0 Å². The van der Waals surface area contributed by atoms with Crippen LogP contribution in [0.1, 0.15) is 36.8 Å². The molecule has 0 radical (unpaired) electrons. The Hall–Kier alpha value is -3.55. The first-order valence-corrected chi connectivity index (χ1v) is 9.39. The van der Waals surface area contributed by atoms with Gasteiger partial charge in [-0.05, 0) is 30.3 Å². The molecule has 0 aliphatic carbocycles. The van der Waals surface area contributed by atoms with Gasteiger partial charge in [0, 0.05) is 50.7 Å². The van der Waals surface area contributed by atoms with Crippen molar-refractivity contribution in [3.05, 3.63) is 65.0 Å². The third-order valence-electron chi connectivity index (χ3n) is 5.31. The molecule has 8 nitrogen and oxygen atoms in total. The summed E-state index contributed by atoms with van der Waals surface area (Å²) in [6, 6.07) is 10.1. The summed E-state index contributed by atoms with van der Waals surface area (Å²) in [7, 11) is 1.42. The molecule has 0 spiro atoms. The van der Waals surface area contributed by atoms with Gasteiger partial charge in [0.1, 0.15) is 0 Å². The number of piperazine rings is 1. The molecule has 1 aromatic carbocycles. The summed E-state index contributed by atoms with van der Waals surface area (Å²) in [4.78, 5) is 58.1. The highest BCUT2D eigenvalue weighted by atomic mass is 16.2. The van der Waals surface area contributed by atoms with E-state index in [4.69, 9.17) is 0 Å². The molecule has 1 saturated heterocycles. The number of rotatable bonds is 3. The molecule has 4 amide bonds. The number of pyridine rings is 1. The van der Waals surface area contributed by atoms with Gasteiger partial charge in [-0.3, -0.25) is 29.1 Å². The lowest BCUT2D eigenvalue weighted by atomic mass is 10.0. The lowest BCUT2D eigenvalue weighted by Crippen LogP contribution is -2.51. The Morgan fingerprint density at radius 2 is 1.62 bits per heavy atom. The first kappa shape index (κ1) is 18.8. The maximum absolute atomic E-state index is 12.8. The molecule has 0 saturated carbocycles. The lowest BCUT2D eigenvalue weighted by molar-refractivity contribution is -0.132. The van der Waals surface area contributed by atoms with Gasteiger partial charge in [0.05, 0.1) is 17.5 Å². The maximum atomic E-state index is 12.8. The molecular weight excluding hydrogens is 372 g/mol. The van der Waals surface area contributed by atoms with Crippen molar-refractivity contribution >= 4 is 23.6 Å². The van der Waals surface area contributed by atoms with E-state index >= 15 is 0 Å². The summed E-state index contributed by atoms with van der Waals surface area (Å²) in [6.45, 7) is 1.72. The molecule has 3 heterocycles. The molecule has 2 aromatic rings. The normalized spacial score (nSPS) is 16.2. The van der Waals surface area contributed by atoms with Crippen LogP contribution in [0.5, 0.6) is 0 Å². The number of hydrogen-bond donors (Lipinski definition) is 0. The molecule has 148 valence electrons. The molecule has 4 rings (SSSR count). The van der Waals surface area contributed by atoms with Crippen LogP contribution in [0.15, 0.2) is 42.6 Å². The summed E-state index contributed by atoms with van der Waals surface area (Å²) < 4.78 is 0. The minimum Gasteiger partial charge on any atom is -0.339 e. The predicted octanol–water partition coefficient (Wildman–Crippen LogP) is 0.834. The summed E-state index contributed by atoms with van der Waals surface area (Å²) in [5.74, 6) is -0.978. The van der Waals surface area contributed by atoms with Gasteiger partial charge in [0.15, 0.2) is 0 Å². The average Bonchev–Trinajstić information content (AvgIpc) is 2.97. The van der Waals surface area contributed by atoms with Gasteiger partial charge < -0.3 is 9.80 Å². The SMILES string of the molecule is CN1C(=O)c2ccc(C(=O)N3CCN(C(=O)Cc4ccccn4)CC3)cc2C1=O. The van der Waals surface area contributed by atoms with Crippen LogP contribution in [0.3, 0.4) is 0 Å². The molecule has 0 bridgehead atoms. The van der Waals surface area contributed by atoms with Gasteiger partial charge >= 0.3 is 0 Å². The topological polar surface area (TPSA) is 90.9 Å². The fourth-order valence-electron chi connectivity index (χ4n) is 3.61. The molecule has 2 aliphatic rings. The zero-order chi connectivity index (χ0) is 20.5. The van der Waals surface area contributed by atoms with E-state index in [1.807, 2.05) is 12.1 Å². The minimum absolute atomic E-state index is 0.0134. The Morgan fingerprint density at radius 3 is 2.31 bits per heavy atom. The van der Waals surface area contributed by atoms with Crippen LogP contribution in [0.2, 0.25) is 0 Å². The molecule has 0 unspecified atom stereocenters. The minimum atomic E-state index is -0.399. The second kappa shape index (κ2) is 7.46. The van der Waals surface area contributed by atoms with Gasteiger partial charge in [0.2, 0.25) is 5.91 Å². The monoisotopic (exact) mass is 392 g/mol. The second-order valence-electron chi connectivity index (χ2n) is 7.10. The lowest BCUT2D eigenvalue weighted by Gasteiger charge is -2.35. The van der Waals surface area contributed by atoms with Gasteiger partial charge in [-0.2, -0.15) is 0 Å². The molecular formula is C21H20N4O4. The zero-order valence-electron chi connectivity index (χ0n) is 16.0. The summed E-state index contributed by atoms with van der Waals surface area (Å²) >= 11 is 0. The van der Waals surface area contributed by atoms with Crippen LogP contribution in [0.25, 0.3) is 0 Å². The number of hydrogen-bond acceptors (Lipinski definition) is 5. The highest BCUT2D eigenvalue weighted by Gasteiger charge is 2.34. The first-order chi connectivity index (χ1) is 14.0. The third kappa shape index (κ3) is 3.49. The fourth-order valence-corrected chi connectivity index (χ4v) is 3.61. The predicted molar refractivity (Wildman–Crippen MR) is 103 cm³/mol. The van der Waals surface area contributed by atoms with Gasteiger partial charge in [-0.1, -0.05) is 6.07 Å². The van der Waals surface area contributed by atoms with Gasteiger partial charge in [-0.15, -0.1) is 0 Å². The Kier molecular flexibility index (Phi) is 4.84. The summed E-state index contributed by atoms with van der Waals surface area (Å²) in [5.41, 5.74) is 1.67. The molecule has 8 heteroatoms. The largest absolute Gasteiger partial charge is 0.339 e. The van der Waals surface area contributed by atoms with E-state index in [0.29, 0.717) is 37.3 Å². The van der Waals surface area contributed by atoms with E-state index < -0.39 is 5.91 Å². The van der Waals surface area contributed by atoms with Crippen molar-refractivity contribution in [2.75, 3.05) is 33.2 Å². The summed E-state index contributed by atoms with van der Waals surface area (Å²) in [5, 5.41) is 0. The number of carbonyl (C=O) groups is 4. The van der Waals surface area contributed by atoms with E-state index in [0.717, 1.165) is 10.6 Å². The third-order valence-corrected chi connectivity index (χ3v) is 5.31. The van der Waals surface area contributed by atoms with Crippen molar-refractivity contribution in [3.63, 3.8) is 0 Å². The molecule has 1 fully saturated rings. The number of benzene rings is 1. The molecule has 1 aromatic heterocycles. The van der Waals surface area contributed by atoms with Crippen LogP contribution in [-0.2, 0) is 11.2 Å². The van der Waals surface area contributed by atoms with Crippen molar-refractivity contribution in [1.82, 2.24) is 19.7 Å². The maximum Gasteiger partial charge on any atom is 0.261 e. The van der Waals surface area contributed by atoms with E-state index in [-0.39, 0.29) is 29.7 Å². The van der Waals surface area contributed by atoms with Crippen molar-refractivity contribution < 1.29 is 19.2 Å². The van der Waals surface area contributed by atoms with E-state index in [9.17, 15) is 19.2 Å². The van der Waals surface area contributed by atoms with Crippen molar-refractivity contribution in [1.29, 1.82) is 0 Å². The zero-order valence-corrected chi connectivity index (χ0v) is 16.0. The smallest absolute Gasteiger partial charge is 0.261 e. The quantitative estimate of drug-likeness (QED) is 0.722. The summed E-state index contributed by atoms with van der Waals surface area (Å²) in [6.07, 6.45) is 1.90. The number of imide groups is 1.